The van der Waals surface area contributed by atoms with Crippen molar-refractivity contribution in [2.75, 3.05) is 19.1 Å². The number of hydrogen-bond donors (Lipinski definition) is 0. The summed E-state index contributed by atoms with van der Waals surface area (Å²) in [6.45, 7) is 0. The Kier molecular flexibility index (Phi) is 5.45. The summed E-state index contributed by atoms with van der Waals surface area (Å²) in [6.07, 6.45) is -0.621. The van der Waals surface area contributed by atoms with Crippen LogP contribution in [0.25, 0.3) is 0 Å². The molecule has 0 aromatic heterocycles. The molecule has 3 aromatic carbocycles. The first-order chi connectivity index (χ1) is 14.1. The molecule has 6 heteroatoms. The summed E-state index contributed by atoms with van der Waals surface area (Å²) >= 11 is 3.49. The molecule has 0 radical (unpaired) electrons. The Balaban J connectivity index is 1.68. The number of hydrogen-bond acceptors (Lipinski definition) is 4. The summed E-state index contributed by atoms with van der Waals surface area (Å²) in [6, 6.07) is 22.4. The summed E-state index contributed by atoms with van der Waals surface area (Å²) in [4.78, 5) is 14.8. The van der Waals surface area contributed by atoms with Crippen molar-refractivity contribution in [2.24, 2.45) is 0 Å². The smallest absolute Gasteiger partial charge is 0.271 e. The van der Waals surface area contributed by atoms with Gasteiger partial charge in [0.05, 0.1) is 18.7 Å². The number of carbonyl (C=O) groups excluding carboxylic acids is 1. The molecule has 148 valence electrons. The molecule has 1 amide bonds. The molecule has 5 nitrogen and oxygen atoms in total. The van der Waals surface area contributed by atoms with Crippen LogP contribution in [0.15, 0.2) is 77.3 Å². The van der Waals surface area contributed by atoms with Gasteiger partial charge in [0.15, 0.2) is 0 Å². The number of nitrogens with zero attached hydrogens (tertiary/aromatic N) is 1. The lowest BCUT2D eigenvalue weighted by molar-refractivity contribution is -0.135. The fourth-order valence-corrected chi connectivity index (χ4v) is 3.79. The third-order valence-electron chi connectivity index (χ3n) is 4.94. The van der Waals surface area contributed by atoms with Crippen molar-refractivity contribution in [3.63, 3.8) is 0 Å². The van der Waals surface area contributed by atoms with Gasteiger partial charge in [-0.2, -0.15) is 0 Å². The van der Waals surface area contributed by atoms with Gasteiger partial charge in [0.25, 0.3) is 5.91 Å². The monoisotopic (exact) mass is 453 g/mol. The predicted molar refractivity (Wildman–Crippen MR) is 115 cm³/mol. The molecule has 0 unspecified atom stereocenters. The fraction of sp³-hybridized carbons (Fsp3) is 0.174. The lowest BCUT2D eigenvalue weighted by Gasteiger charge is -2.46. The Morgan fingerprint density at radius 2 is 1.41 bits per heavy atom. The maximum atomic E-state index is 13.1. The molecule has 4 rings (SSSR count). The predicted octanol–water partition coefficient (Wildman–Crippen LogP) is 5.00. The van der Waals surface area contributed by atoms with Gasteiger partial charge < -0.3 is 14.2 Å². The summed E-state index contributed by atoms with van der Waals surface area (Å²) in [5, 5.41) is 0. The molecule has 0 saturated carbocycles. The first-order valence-electron chi connectivity index (χ1n) is 9.14. The van der Waals surface area contributed by atoms with Gasteiger partial charge in [0.1, 0.15) is 23.3 Å². The van der Waals surface area contributed by atoms with Crippen LogP contribution >= 0.6 is 15.9 Å². The van der Waals surface area contributed by atoms with Crippen molar-refractivity contribution in [3.05, 3.63) is 82.8 Å². The SMILES string of the molecule is COc1ccc([C@@H]2[C@H](Oc3ccccc3Br)C(=O)N2c2ccc(OC)cc2)cc1. The summed E-state index contributed by atoms with van der Waals surface area (Å²) in [5.74, 6) is 2.05. The minimum absolute atomic E-state index is 0.0910. The summed E-state index contributed by atoms with van der Waals surface area (Å²) < 4.78 is 17.4. The van der Waals surface area contributed by atoms with Crippen LogP contribution in [0.2, 0.25) is 0 Å². The van der Waals surface area contributed by atoms with Gasteiger partial charge in [0.2, 0.25) is 6.10 Å². The van der Waals surface area contributed by atoms with E-state index >= 15 is 0 Å². The largest absolute Gasteiger partial charge is 0.497 e. The van der Waals surface area contributed by atoms with E-state index in [0.717, 1.165) is 27.2 Å². The molecule has 3 aromatic rings. The van der Waals surface area contributed by atoms with Crippen molar-refractivity contribution in [1.82, 2.24) is 0 Å². The topological polar surface area (TPSA) is 48.0 Å². The molecule has 0 aliphatic carbocycles. The molecule has 1 aliphatic rings. The van der Waals surface area contributed by atoms with E-state index in [2.05, 4.69) is 15.9 Å². The zero-order valence-corrected chi connectivity index (χ0v) is 17.6. The highest BCUT2D eigenvalue weighted by molar-refractivity contribution is 9.10. The minimum atomic E-state index is -0.621. The number of para-hydroxylation sites is 1. The van der Waals surface area contributed by atoms with E-state index in [1.807, 2.05) is 72.8 Å². The lowest BCUT2D eigenvalue weighted by atomic mass is 9.89. The van der Waals surface area contributed by atoms with Crippen molar-refractivity contribution < 1.29 is 19.0 Å². The van der Waals surface area contributed by atoms with Crippen LogP contribution in [-0.2, 0) is 4.79 Å². The summed E-state index contributed by atoms with van der Waals surface area (Å²) in [5.41, 5.74) is 1.77. The van der Waals surface area contributed by atoms with E-state index in [9.17, 15) is 4.79 Å². The second-order valence-corrected chi connectivity index (χ2v) is 7.45. The molecule has 29 heavy (non-hydrogen) atoms. The molecule has 1 heterocycles. The van der Waals surface area contributed by atoms with Gasteiger partial charge in [-0.15, -0.1) is 0 Å². The second kappa shape index (κ2) is 8.17. The molecular formula is C23H20BrNO4. The first-order valence-corrected chi connectivity index (χ1v) is 9.94. The van der Waals surface area contributed by atoms with E-state index < -0.39 is 6.10 Å². The third kappa shape index (κ3) is 3.68. The second-order valence-electron chi connectivity index (χ2n) is 6.59. The maximum Gasteiger partial charge on any atom is 0.271 e. The number of rotatable bonds is 6. The van der Waals surface area contributed by atoms with E-state index in [1.54, 1.807) is 19.1 Å². The van der Waals surface area contributed by atoms with Crippen LogP contribution in [0.4, 0.5) is 5.69 Å². The van der Waals surface area contributed by atoms with E-state index in [1.165, 1.54) is 0 Å². The number of benzene rings is 3. The molecule has 1 fully saturated rings. The van der Waals surface area contributed by atoms with Gasteiger partial charge >= 0.3 is 0 Å². The zero-order chi connectivity index (χ0) is 20.4. The van der Waals surface area contributed by atoms with E-state index in [0.29, 0.717) is 5.75 Å². The van der Waals surface area contributed by atoms with Gasteiger partial charge in [-0.1, -0.05) is 24.3 Å². The van der Waals surface area contributed by atoms with Crippen molar-refractivity contribution >= 4 is 27.5 Å². The number of carbonyl (C=O) groups is 1. The van der Waals surface area contributed by atoms with E-state index in [4.69, 9.17) is 14.2 Å². The highest BCUT2D eigenvalue weighted by Gasteiger charge is 2.51. The van der Waals surface area contributed by atoms with Crippen molar-refractivity contribution in [1.29, 1.82) is 0 Å². The molecule has 2 atom stereocenters. The normalized spacial score (nSPS) is 18.2. The number of anilines is 1. The Bertz CT molecular complexity index is 1000. The average molecular weight is 454 g/mol. The third-order valence-corrected chi connectivity index (χ3v) is 5.60. The Morgan fingerprint density at radius 1 is 0.828 bits per heavy atom. The van der Waals surface area contributed by atoms with Crippen LogP contribution in [0.5, 0.6) is 17.2 Å². The van der Waals surface area contributed by atoms with E-state index in [-0.39, 0.29) is 11.9 Å². The summed E-state index contributed by atoms with van der Waals surface area (Å²) in [7, 11) is 3.25. The number of methoxy groups -OCH3 is 2. The number of halogens is 1. The number of ether oxygens (including phenoxy) is 3. The lowest BCUT2D eigenvalue weighted by Crippen LogP contribution is -2.61. The van der Waals surface area contributed by atoms with Crippen LogP contribution in [0, 0.1) is 0 Å². The molecule has 0 spiro atoms. The van der Waals surface area contributed by atoms with Gasteiger partial charge in [-0.3, -0.25) is 9.69 Å². The Hall–Kier alpha value is -2.99. The highest BCUT2D eigenvalue weighted by Crippen LogP contribution is 2.42. The van der Waals surface area contributed by atoms with Gasteiger partial charge in [-0.25, -0.2) is 0 Å². The molecule has 0 N–H and O–H groups in total. The van der Waals surface area contributed by atoms with Gasteiger partial charge in [0, 0.05) is 5.69 Å². The van der Waals surface area contributed by atoms with Crippen LogP contribution in [-0.4, -0.2) is 26.2 Å². The average Bonchev–Trinajstić information content (AvgIpc) is 2.77. The molecule has 0 bridgehead atoms. The Labute approximate surface area is 177 Å². The number of amides is 1. The van der Waals surface area contributed by atoms with Crippen LogP contribution in [0.1, 0.15) is 11.6 Å². The molecular weight excluding hydrogens is 434 g/mol. The first kappa shape index (κ1) is 19.3. The zero-order valence-electron chi connectivity index (χ0n) is 16.0. The molecule has 1 saturated heterocycles. The van der Waals surface area contributed by atoms with Gasteiger partial charge in [-0.05, 0) is 70.0 Å². The van der Waals surface area contributed by atoms with Crippen LogP contribution in [0.3, 0.4) is 0 Å². The van der Waals surface area contributed by atoms with Crippen molar-refractivity contribution in [2.45, 2.75) is 12.1 Å². The van der Waals surface area contributed by atoms with Crippen LogP contribution < -0.4 is 19.1 Å². The quantitative estimate of drug-likeness (QED) is 0.492. The Morgan fingerprint density at radius 3 is 2.00 bits per heavy atom. The molecule has 1 aliphatic heterocycles. The minimum Gasteiger partial charge on any atom is -0.497 e. The highest BCUT2D eigenvalue weighted by atomic mass is 79.9. The maximum absolute atomic E-state index is 13.1. The standard InChI is InChI=1S/C23H20BrNO4/c1-27-17-11-7-15(8-12-17)21-22(29-20-6-4-3-5-19(20)24)23(26)25(21)16-9-13-18(28-2)14-10-16/h3-14,21-22H,1-2H3/t21-,22+/m1/s1. The van der Waals surface area contributed by atoms with Crippen molar-refractivity contribution in [3.8, 4) is 17.2 Å². The number of β-lactam (4-membered cyclic amide) rings is 1. The fourth-order valence-electron chi connectivity index (χ4n) is 3.41.